The maximum Gasteiger partial charge on any atom is 0.217 e. The van der Waals surface area contributed by atoms with Gasteiger partial charge in [0.15, 0.2) is 0 Å². The second-order valence-corrected chi connectivity index (χ2v) is 3.98. The topological polar surface area (TPSA) is 54.0 Å². The summed E-state index contributed by atoms with van der Waals surface area (Å²) in [5.41, 5.74) is 7.70. The summed E-state index contributed by atoms with van der Waals surface area (Å²) < 4.78 is 0. The first kappa shape index (κ1) is 12.8. The van der Waals surface area contributed by atoms with Crippen molar-refractivity contribution >= 4 is 17.9 Å². The monoisotopic (exact) mass is 252 g/mol. The molecule has 0 aromatic heterocycles. The van der Waals surface area contributed by atoms with Gasteiger partial charge in [0.05, 0.1) is 11.9 Å². The van der Waals surface area contributed by atoms with E-state index in [4.69, 9.17) is 5.73 Å². The summed E-state index contributed by atoms with van der Waals surface area (Å²) in [6, 6.07) is 19.4. The Balaban J connectivity index is 2.06. The number of guanidine groups is 1. The fraction of sp³-hybridized carbons (Fsp3) is 0.0667. The van der Waals surface area contributed by atoms with Gasteiger partial charge < -0.3 is 5.73 Å². The molecule has 0 bridgehead atoms. The number of rotatable bonds is 3. The predicted molar refractivity (Wildman–Crippen MR) is 79.5 cm³/mol. The lowest BCUT2D eigenvalue weighted by atomic mass is 10.2. The van der Waals surface area contributed by atoms with Crippen LogP contribution in [0.15, 0.2) is 70.8 Å². The van der Waals surface area contributed by atoms with E-state index in [1.807, 2.05) is 60.7 Å². The number of nitrogens with zero attached hydrogens (tertiary/aromatic N) is 3. The van der Waals surface area contributed by atoms with E-state index in [1.165, 1.54) is 0 Å². The summed E-state index contributed by atoms with van der Waals surface area (Å²) >= 11 is 0. The summed E-state index contributed by atoms with van der Waals surface area (Å²) in [4.78, 5) is 4.28. The molecule has 2 rings (SSSR count). The first-order chi connectivity index (χ1) is 9.25. The lowest BCUT2D eigenvalue weighted by Gasteiger charge is -2.11. The van der Waals surface area contributed by atoms with Crippen LogP contribution in [0.5, 0.6) is 0 Å². The van der Waals surface area contributed by atoms with Crippen LogP contribution in [0.25, 0.3) is 0 Å². The second kappa shape index (κ2) is 6.35. The molecule has 2 aromatic rings. The number of aliphatic imine (C=N–C) groups is 1. The lowest BCUT2D eigenvalue weighted by Crippen LogP contribution is -2.29. The van der Waals surface area contributed by atoms with Crippen molar-refractivity contribution in [2.45, 2.75) is 0 Å². The van der Waals surface area contributed by atoms with Crippen LogP contribution < -0.4 is 5.73 Å². The minimum Gasteiger partial charge on any atom is -0.368 e. The number of para-hydroxylation sites is 1. The highest BCUT2D eigenvalue weighted by Crippen LogP contribution is 2.09. The molecule has 4 heteroatoms. The molecule has 0 aliphatic rings. The third-order valence-corrected chi connectivity index (χ3v) is 2.51. The van der Waals surface area contributed by atoms with E-state index in [0.717, 1.165) is 11.3 Å². The van der Waals surface area contributed by atoms with Gasteiger partial charge in [-0.15, -0.1) is 0 Å². The molecule has 0 fully saturated rings. The molecule has 0 aliphatic heterocycles. The molecular weight excluding hydrogens is 236 g/mol. The zero-order chi connectivity index (χ0) is 13.5. The third-order valence-electron chi connectivity index (χ3n) is 2.51. The molecule has 0 atom stereocenters. The van der Waals surface area contributed by atoms with Crippen LogP contribution in [-0.2, 0) is 0 Å². The largest absolute Gasteiger partial charge is 0.368 e. The minimum atomic E-state index is 0.346. The van der Waals surface area contributed by atoms with Crippen molar-refractivity contribution in [3.05, 3.63) is 66.2 Å². The summed E-state index contributed by atoms with van der Waals surface area (Å²) in [6.07, 6.45) is 1.74. The SMILES string of the molecule is CN(/N=C\c1ccccc1)C(N)=Nc1ccccc1. The quantitative estimate of drug-likeness (QED) is 0.518. The van der Waals surface area contributed by atoms with Crippen molar-refractivity contribution in [2.75, 3.05) is 7.05 Å². The van der Waals surface area contributed by atoms with E-state index in [1.54, 1.807) is 18.3 Å². The Bertz CT molecular complexity index is 561. The fourth-order valence-electron chi connectivity index (χ4n) is 1.46. The van der Waals surface area contributed by atoms with Gasteiger partial charge in [0.1, 0.15) is 0 Å². The van der Waals surface area contributed by atoms with Gasteiger partial charge in [-0.2, -0.15) is 5.10 Å². The van der Waals surface area contributed by atoms with Crippen LogP contribution >= 0.6 is 0 Å². The average molecular weight is 252 g/mol. The van der Waals surface area contributed by atoms with E-state index in [9.17, 15) is 0 Å². The van der Waals surface area contributed by atoms with E-state index < -0.39 is 0 Å². The predicted octanol–water partition coefficient (Wildman–Crippen LogP) is 2.60. The Morgan fingerprint density at radius 1 is 1.00 bits per heavy atom. The Labute approximate surface area is 112 Å². The molecule has 4 nitrogen and oxygen atoms in total. The van der Waals surface area contributed by atoms with E-state index in [2.05, 4.69) is 10.1 Å². The molecule has 96 valence electrons. The molecule has 0 saturated carbocycles. The van der Waals surface area contributed by atoms with Gasteiger partial charge in [-0.05, 0) is 17.7 Å². The molecule has 0 unspecified atom stereocenters. The standard InChI is InChI=1S/C15H16N4/c1-19(17-12-13-8-4-2-5-9-13)15(16)18-14-10-6-3-7-11-14/h2-12H,1H3,(H2,16,18)/b17-12-. The van der Waals surface area contributed by atoms with Crippen LogP contribution in [0, 0.1) is 0 Å². The van der Waals surface area contributed by atoms with Crippen LogP contribution in [0.1, 0.15) is 5.56 Å². The highest BCUT2D eigenvalue weighted by atomic mass is 15.5. The van der Waals surface area contributed by atoms with Gasteiger partial charge in [-0.1, -0.05) is 48.5 Å². The minimum absolute atomic E-state index is 0.346. The van der Waals surface area contributed by atoms with Crippen LogP contribution in [-0.4, -0.2) is 24.2 Å². The maximum atomic E-state index is 5.88. The number of hydrogen-bond acceptors (Lipinski definition) is 2. The summed E-state index contributed by atoms with van der Waals surface area (Å²) in [6.45, 7) is 0. The molecule has 0 amide bonds. The van der Waals surface area contributed by atoms with Crippen LogP contribution in [0.2, 0.25) is 0 Å². The fourth-order valence-corrected chi connectivity index (χ4v) is 1.46. The number of benzene rings is 2. The molecule has 0 spiro atoms. The first-order valence-electron chi connectivity index (χ1n) is 5.97. The zero-order valence-electron chi connectivity index (χ0n) is 10.8. The van der Waals surface area contributed by atoms with E-state index >= 15 is 0 Å². The lowest BCUT2D eigenvalue weighted by molar-refractivity contribution is 0.541. The van der Waals surface area contributed by atoms with Gasteiger partial charge in [0, 0.05) is 7.05 Å². The summed E-state index contributed by atoms with van der Waals surface area (Å²) in [5.74, 6) is 0.346. The van der Waals surface area contributed by atoms with Gasteiger partial charge in [0.25, 0.3) is 0 Å². The Morgan fingerprint density at radius 2 is 1.58 bits per heavy atom. The molecule has 0 aliphatic carbocycles. The number of nitrogens with two attached hydrogens (primary N) is 1. The Morgan fingerprint density at radius 3 is 2.21 bits per heavy atom. The van der Waals surface area contributed by atoms with Crippen molar-refractivity contribution in [3.8, 4) is 0 Å². The normalized spacial score (nSPS) is 11.7. The molecular formula is C15H16N4. The van der Waals surface area contributed by atoms with Gasteiger partial charge >= 0.3 is 0 Å². The van der Waals surface area contributed by atoms with Gasteiger partial charge in [0.2, 0.25) is 5.96 Å². The van der Waals surface area contributed by atoms with Crippen molar-refractivity contribution in [1.82, 2.24) is 5.01 Å². The molecule has 0 radical (unpaired) electrons. The molecule has 0 heterocycles. The van der Waals surface area contributed by atoms with Crippen LogP contribution in [0.4, 0.5) is 5.69 Å². The zero-order valence-corrected chi connectivity index (χ0v) is 10.8. The highest BCUT2D eigenvalue weighted by molar-refractivity contribution is 5.84. The Hall–Kier alpha value is -2.62. The van der Waals surface area contributed by atoms with E-state index in [-0.39, 0.29) is 0 Å². The van der Waals surface area contributed by atoms with Crippen molar-refractivity contribution in [3.63, 3.8) is 0 Å². The second-order valence-electron chi connectivity index (χ2n) is 3.98. The van der Waals surface area contributed by atoms with E-state index in [0.29, 0.717) is 5.96 Å². The van der Waals surface area contributed by atoms with Crippen molar-refractivity contribution in [2.24, 2.45) is 15.8 Å². The summed E-state index contributed by atoms with van der Waals surface area (Å²) in [7, 11) is 1.77. The van der Waals surface area contributed by atoms with Crippen molar-refractivity contribution in [1.29, 1.82) is 0 Å². The maximum absolute atomic E-state index is 5.88. The van der Waals surface area contributed by atoms with Crippen LogP contribution in [0.3, 0.4) is 0 Å². The smallest absolute Gasteiger partial charge is 0.217 e. The number of hydrazone groups is 1. The van der Waals surface area contributed by atoms with Crippen molar-refractivity contribution < 1.29 is 0 Å². The molecule has 19 heavy (non-hydrogen) atoms. The van der Waals surface area contributed by atoms with Gasteiger partial charge in [-0.3, -0.25) is 0 Å². The molecule has 2 N–H and O–H groups in total. The molecule has 0 saturated heterocycles. The Kier molecular flexibility index (Phi) is 4.29. The average Bonchev–Trinajstić information content (AvgIpc) is 2.47. The highest BCUT2D eigenvalue weighted by Gasteiger charge is 1.98. The number of hydrogen-bond donors (Lipinski definition) is 1. The summed E-state index contributed by atoms with van der Waals surface area (Å²) in [5, 5.41) is 5.78. The molecule has 2 aromatic carbocycles. The van der Waals surface area contributed by atoms with Gasteiger partial charge in [-0.25, -0.2) is 10.0 Å². The first-order valence-corrected chi connectivity index (χ1v) is 5.97. The third kappa shape index (κ3) is 3.96.